The third-order valence-electron chi connectivity index (χ3n) is 3.17. The summed E-state index contributed by atoms with van der Waals surface area (Å²) in [5, 5.41) is 0. The molecular formula is C14H18BrClO2. The molecule has 2 nitrogen and oxygen atoms in total. The number of aryl methyl sites for hydroxylation is 1. The van der Waals surface area contributed by atoms with Crippen LogP contribution in [0.5, 0.6) is 5.75 Å². The molecule has 100 valence electrons. The number of ether oxygens (including phenoxy) is 2. The quantitative estimate of drug-likeness (QED) is 0.741. The molecule has 18 heavy (non-hydrogen) atoms. The van der Waals surface area contributed by atoms with Crippen LogP contribution in [0.1, 0.15) is 30.4 Å². The standard InChI is InChI=1S/C14H18BrClO2/c1-10-7-12(15)8-11(9-16)14(10)18-6-4-13-3-2-5-17-13/h7-8,13H,2-6,9H2,1H3. The van der Waals surface area contributed by atoms with Crippen molar-refractivity contribution in [2.45, 2.75) is 38.2 Å². The molecule has 1 aromatic carbocycles. The molecule has 0 N–H and O–H groups in total. The van der Waals surface area contributed by atoms with Crippen molar-refractivity contribution in [3.05, 3.63) is 27.7 Å². The number of hydrogen-bond acceptors (Lipinski definition) is 2. The number of rotatable bonds is 5. The van der Waals surface area contributed by atoms with Crippen LogP contribution in [0, 0.1) is 6.92 Å². The van der Waals surface area contributed by atoms with E-state index in [1.54, 1.807) is 0 Å². The van der Waals surface area contributed by atoms with Crippen LogP contribution in [0.4, 0.5) is 0 Å². The molecule has 0 aliphatic carbocycles. The number of alkyl halides is 1. The zero-order valence-corrected chi connectivity index (χ0v) is 12.9. The Hall–Kier alpha value is -0.250. The first kappa shape index (κ1) is 14.2. The van der Waals surface area contributed by atoms with Gasteiger partial charge in [0.1, 0.15) is 5.75 Å². The average Bonchev–Trinajstić information content (AvgIpc) is 2.84. The Balaban J connectivity index is 1.95. The van der Waals surface area contributed by atoms with Crippen LogP contribution in [0.15, 0.2) is 16.6 Å². The summed E-state index contributed by atoms with van der Waals surface area (Å²) in [5.41, 5.74) is 2.16. The maximum absolute atomic E-state index is 5.96. The lowest BCUT2D eigenvalue weighted by Crippen LogP contribution is -2.11. The van der Waals surface area contributed by atoms with Gasteiger partial charge in [-0.15, -0.1) is 11.6 Å². The van der Waals surface area contributed by atoms with Gasteiger partial charge in [0.05, 0.1) is 18.6 Å². The lowest BCUT2D eigenvalue weighted by Gasteiger charge is -2.15. The Kier molecular flexibility index (Phi) is 5.34. The molecule has 2 rings (SSSR count). The highest BCUT2D eigenvalue weighted by Gasteiger charge is 2.16. The van der Waals surface area contributed by atoms with E-state index in [-0.39, 0.29) is 0 Å². The van der Waals surface area contributed by atoms with Crippen LogP contribution < -0.4 is 4.74 Å². The molecule has 1 aliphatic heterocycles. The molecule has 1 saturated heterocycles. The third-order valence-corrected chi connectivity index (χ3v) is 3.92. The van der Waals surface area contributed by atoms with Crippen molar-refractivity contribution in [3.63, 3.8) is 0 Å². The molecule has 1 heterocycles. The molecule has 0 radical (unpaired) electrons. The number of hydrogen-bond donors (Lipinski definition) is 0. The van der Waals surface area contributed by atoms with Crippen LogP contribution in [-0.2, 0) is 10.6 Å². The molecule has 0 spiro atoms. The molecule has 1 fully saturated rings. The summed E-state index contributed by atoms with van der Waals surface area (Å²) < 4.78 is 12.5. The van der Waals surface area contributed by atoms with E-state index in [1.165, 1.54) is 6.42 Å². The van der Waals surface area contributed by atoms with E-state index >= 15 is 0 Å². The summed E-state index contributed by atoms with van der Waals surface area (Å²) >= 11 is 9.43. The second kappa shape index (κ2) is 6.78. The predicted molar refractivity (Wildman–Crippen MR) is 77.5 cm³/mol. The molecule has 1 atom stereocenters. The van der Waals surface area contributed by atoms with Gasteiger partial charge in [-0.1, -0.05) is 15.9 Å². The maximum Gasteiger partial charge on any atom is 0.126 e. The van der Waals surface area contributed by atoms with Gasteiger partial charge < -0.3 is 9.47 Å². The van der Waals surface area contributed by atoms with Gasteiger partial charge in [0.25, 0.3) is 0 Å². The highest BCUT2D eigenvalue weighted by Crippen LogP contribution is 2.29. The third kappa shape index (κ3) is 3.62. The molecule has 1 unspecified atom stereocenters. The van der Waals surface area contributed by atoms with E-state index in [9.17, 15) is 0 Å². The molecule has 0 saturated carbocycles. The second-order valence-electron chi connectivity index (χ2n) is 4.62. The van der Waals surface area contributed by atoms with Gasteiger partial charge in [-0.25, -0.2) is 0 Å². The molecule has 1 aromatic rings. The summed E-state index contributed by atoms with van der Waals surface area (Å²) in [6, 6.07) is 4.07. The minimum absolute atomic E-state index is 0.375. The molecule has 4 heteroatoms. The lowest BCUT2D eigenvalue weighted by atomic mass is 10.1. The van der Waals surface area contributed by atoms with Crippen LogP contribution in [0.2, 0.25) is 0 Å². The maximum atomic E-state index is 5.96. The normalized spacial score (nSPS) is 19.2. The Morgan fingerprint density at radius 2 is 2.33 bits per heavy atom. The minimum Gasteiger partial charge on any atom is -0.493 e. The van der Waals surface area contributed by atoms with Crippen molar-refractivity contribution in [1.29, 1.82) is 0 Å². The molecule has 0 aromatic heterocycles. The Labute approximate surface area is 122 Å². The average molecular weight is 334 g/mol. The monoisotopic (exact) mass is 332 g/mol. The first-order valence-electron chi connectivity index (χ1n) is 6.30. The minimum atomic E-state index is 0.375. The van der Waals surface area contributed by atoms with E-state index in [0.717, 1.165) is 40.8 Å². The Morgan fingerprint density at radius 1 is 1.50 bits per heavy atom. The van der Waals surface area contributed by atoms with Crippen LogP contribution in [0.3, 0.4) is 0 Å². The zero-order valence-electron chi connectivity index (χ0n) is 10.5. The van der Waals surface area contributed by atoms with Crippen LogP contribution in [-0.4, -0.2) is 19.3 Å². The van der Waals surface area contributed by atoms with Gasteiger partial charge in [0, 0.05) is 23.1 Å². The van der Waals surface area contributed by atoms with Crippen molar-refractivity contribution in [2.75, 3.05) is 13.2 Å². The largest absolute Gasteiger partial charge is 0.493 e. The second-order valence-corrected chi connectivity index (χ2v) is 5.80. The highest BCUT2D eigenvalue weighted by molar-refractivity contribution is 9.10. The molecule has 0 bridgehead atoms. The first-order valence-corrected chi connectivity index (χ1v) is 7.63. The fourth-order valence-corrected chi connectivity index (χ4v) is 3.09. The van der Waals surface area contributed by atoms with Crippen molar-refractivity contribution in [2.24, 2.45) is 0 Å². The van der Waals surface area contributed by atoms with Gasteiger partial charge in [0.2, 0.25) is 0 Å². The van der Waals surface area contributed by atoms with Gasteiger partial charge in [0.15, 0.2) is 0 Å². The van der Waals surface area contributed by atoms with Crippen molar-refractivity contribution >= 4 is 27.5 Å². The first-order chi connectivity index (χ1) is 8.70. The Morgan fingerprint density at radius 3 is 3.00 bits per heavy atom. The van der Waals surface area contributed by atoms with E-state index in [4.69, 9.17) is 21.1 Å². The summed E-state index contributed by atoms with van der Waals surface area (Å²) in [6.07, 6.45) is 3.66. The zero-order chi connectivity index (χ0) is 13.0. The van der Waals surface area contributed by atoms with E-state index in [0.29, 0.717) is 18.6 Å². The van der Waals surface area contributed by atoms with Gasteiger partial charge in [-0.05, 0) is 37.5 Å². The summed E-state index contributed by atoms with van der Waals surface area (Å²) in [6.45, 7) is 3.63. The predicted octanol–water partition coefficient (Wildman–Crippen LogP) is 4.44. The molecule has 0 amide bonds. The SMILES string of the molecule is Cc1cc(Br)cc(CCl)c1OCCC1CCCO1. The number of benzene rings is 1. The summed E-state index contributed by atoms with van der Waals surface area (Å²) in [5.74, 6) is 1.39. The topological polar surface area (TPSA) is 18.5 Å². The van der Waals surface area contributed by atoms with E-state index in [2.05, 4.69) is 22.0 Å². The van der Waals surface area contributed by atoms with Crippen LogP contribution >= 0.6 is 27.5 Å². The van der Waals surface area contributed by atoms with E-state index in [1.807, 2.05) is 13.0 Å². The number of halogens is 2. The van der Waals surface area contributed by atoms with Gasteiger partial charge in [-0.3, -0.25) is 0 Å². The lowest BCUT2D eigenvalue weighted by molar-refractivity contribution is 0.0901. The Bertz CT molecular complexity index is 403. The van der Waals surface area contributed by atoms with Crippen LogP contribution in [0.25, 0.3) is 0 Å². The van der Waals surface area contributed by atoms with Gasteiger partial charge in [-0.2, -0.15) is 0 Å². The smallest absolute Gasteiger partial charge is 0.126 e. The fraction of sp³-hybridized carbons (Fsp3) is 0.571. The molecular weight excluding hydrogens is 316 g/mol. The summed E-state index contributed by atoms with van der Waals surface area (Å²) in [7, 11) is 0. The van der Waals surface area contributed by atoms with Crippen molar-refractivity contribution < 1.29 is 9.47 Å². The highest BCUT2D eigenvalue weighted by atomic mass is 79.9. The van der Waals surface area contributed by atoms with E-state index < -0.39 is 0 Å². The van der Waals surface area contributed by atoms with Crippen molar-refractivity contribution in [3.8, 4) is 5.75 Å². The fourth-order valence-electron chi connectivity index (χ4n) is 2.27. The van der Waals surface area contributed by atoms with Gasteiger partial charge >= 0.3 is 0 Å². The molecule has 1 aliphatic rings. The summed E-state index contributed by atoms with van der Waals surface area (Å²) in [4.78, 5) is 0. The van der Waals surface area contributed by atoms with Crippen molar-refractivity contribution in [1.82, 2.24) is 0 Å².